The van der Waals surface area contributed by atoms with Gasteiger partial charge in [-0.25, -0.2) is 109 Å². The van der Waals surface area contributed by atoms with E-state index in [2.05, 4.69) is 69.7 Å². The van der Waals surface area contributed by atoms with Gasteiger partial charge in [0.2, 0.25) is 141 Å². The molecule has 4 saturated heterocycles. The molecule has 1 amide bonds. The zero-order valence-corrected chi connectivity index (χ0v) is 108. The first-order chi connectivity index (χ1) is 54.0. The Morgan fingerprint density at radius 1 is 0.273 bits per heavy atom. The maximum Gasteiger partial charge on any atom is 1.00 e. The van der Waals surface area contributed by atoms with Crippen molar-refractivity contribution in [3.8, 4) is 0 Å². The molecule has 0 aliphatic carbocycles. The molecule has 0 bridgehead atoms. The van der Waals surface area contributed by atoms with E-state index >= 15 is 0 Å². The van der Waals surface area contributed by atoms with Gasteiger partial charge in [0, 0.05) is 31.0 Å². The van der Waals surface area contributed by atoms with E-state index in [9.17, 15) is 173 Å². The van der Waals surface area contributed by atoms with Gasteiger partial charge in [0.05, 0.1) is 26.4 Å². The maximum atomic E-state index is 12.8. The van der Waals surface area contributed by atoms with Gasteiger partial charge in [-0.2, -0.15) is 0 Å². The zero-order chi connectivity index (χ0) is 90.7. The van der Waals surface area contributed by atoms with E-state index in [4.69, 9.17) is 43.4 Å². The van der Waals surface area contributed by atoms with E-state index in [1.54, 1.807) is 0 Å². The van der Waals surface area contributed by atoms with Crippen LogP contribution in [0.5, 0.6) is 0 Å². The molecule has 4 heterocycles. The van der Waals surface area contributed by atoms with Gasteiger partial charge in [-0.05, 0) is 31.2 Å². The Morgan fingerprint density at radius 3 is 0.750 bits per heavy atom. The average Bonchev–Trinajstić information content (AvgIpc) is 0.746. The van der Waals surface area contributed by atoms with E-state index in [1.165, 1.54) is 0 Å². The molecule has 4 aliphatic heterocycles. The van der Waals surface area contributed by atoms with Crippen LogP contribution in [-0.2, 0) is 232 Å². The number of carbonyl (C=O) groups is 1. The van der Waals surface area contributed by atoms with Gasteiger partial charge < -0.3 is 102 Å². The summed E-state index contributed by atoms with van der Waals surface area (Å²) in [5.41, 5.74) is 8.34. The van der Waals surface area contributed by atoms with Crippen molar-refractivity contribution in [2.75, 3.05) is 46.1 Å². The topological polar surface area (TPSA) is 1020 Å². The quantitative estimate of drug-likeness (QED) is 0.0112. The summed E-state index contributed by atoms with van der Waals surface area (Å²) < 4.78 is 575. The van der Waals surface area contributed by atoms with Crippen molar-refractivity contribution in [1.29, 1.82) is 0 Å². The standard InChI is InChI=1S/C41H74N4O61S13.13Na/c42-45-44-15-11-6-4-2-1-3-5-9-13-25(46)43-14-10-7-8-12-16-86-38-34(103-116(74,75)76)30(99-112(62,63)64)26(21(91-38)17-87-107(47,48)49)95-39-35(104-117(77,78)79)31(100-113(65,66)67)27(22(92-39)18-88-108(50,51)52)96-40-36(105-118(80,81)82)32(101-114(68,69)70)28(23(93-40)19-89-109(53,54)55)97-41-37(106-119(83,84)85)33(102-115(71,72)73)29(98-111(59,60)61)24(94-41)20-90-110(56,57)58;;;;;;;;;;;;;/h21-24,26-41H,1-20H2,(H,43,46)(H,47,48,49)(H,50,51,52)(H,53,54,55)(H,56,57,58)(H,59,60,61)(H,62,63,64)(H,65,66,67)(H,68,69,70)(H,71,72,73)(H,74,75,76)(H,77,78,79)(H,80,81,82)(H,83,84,85);;;;;;;;;;;;;/q;13*+1/p-13/t21-,22-,23-,24-,26-,27-,28-,29-,30+,31+,32+,33+,34-,35-,36-,37-,38-,39-,40-,41-;;;;;;;;;;;;;/m1............./s1. The van der Waals surface area contributed by atoms with Crippen LogP contribution in [0.25, 0.3) is 10.4 Å². The molecule has 0 aromatic rings. The Morgan fingerprint density at radius 2 is 0.485 bits per heavy atom. The summed E-state index contributed by atoms with van der Waals surface area (Å²) in [5, 5.41) is 6.09. The molecule has 0 aromatic carbocycles. The molecule has 132 heavy (non-hydrogen) atoms. The van der Waals surface area contributed by atoms with Crippen molar-refractivity contribution in [2.45, 2.75) is 206 Å². The average molecular weight is 2300 g/mol. The maximum absolute atomic E-state index is 12.8. The summed E-state index contributed by atoms with van der Waals surface area (Å²) in [6.45, 7) is -10.0. The van der Waals surface area contributed by atoms with E-state index in [0.29, 0.717) is 19.4 Å². The molecule has 0 unspecified atom stereocenters. The largest absolute Gasteiger partial charge is 1.00 e. The third-order valence-electron chi connectivity index (χ3n) is 15.0. The van der Waals surface area contributed by atoms with Gasteiger partial charge >= 0.3 is 384 Å². The molecule has 91 heteroatoms. The first-order valence-corrected chi connectivity index (χ1v) is 48.9. The molecule has 20 atom stereocenters. The molecule has 4 fully saturated rings. The van der Waals surface area contributed by atoms with Crippen LogP contribution < -0.4 is 390 Å². The number of ether oxygens (including phenoxy) is 8. The van der Waals surface area contributed by atoms with E-state index in [0.717, 1.165) is 38.5 Å². The second-order valence-electron chi connectivity index (χ2n) is 23.6. The van der Waals surface area contributed by atoms with Crippen molar-refractivity contribution in [3.05, 3.63) is 10.4 Å². The van der Waals surface area contributed by atoms with E-state index in [-0.39, 0.29) is 429 Å². The van der Waals surface area contributed by atoms with Crippen LogP contribution in [-0.4, -0.2) is 343 Å². The number of nitrogens with zero attached hydrogens (tertiary/aromatic N) is 3. The number of rotatable bonds is 55. The molecular weight excluding hydrogens is 2240 g/mol. The van der Waals surface area contributed by atoms with Crippen LogP contribution in [0, 0.1) is 0 Å². The van der Waals surface area contributed by atoms with Gasteiger partial charge in [0.1, 0.15) is 73.2 Å². The summed E-state index contributed by atoms with van der Waals surface area (Å²) in [4.78, 5) is 15.1. The van der Waals surface area contributed by atoms with Crippen LogP contribution >= 0.6 is 0 Å². The van der Waals surface area contributed by atoms with Gasteiger partial charge in [-0.1, -0.05) is 56.5 Å². The Hall–Kier alpha value is 9.77. The Labute approximate surface area is 1040 Å². The Bertz CT molecular complexity index is 5040. The van der Waals surface area contributed by atoms with Gasteiger partial charge in [0.15, 0.2) is 49.6 Å². The number of azide groups is 1. The van der Waals surface area contributed by atoms with Crippen molar-refractivity contribution in [2.24, 2.45) is 5.11 Å². The number of unbranched alkanes of at least 4 members (excludes halogenated alkanes) is 10. The zero-order valence-electron chi connectivity index (χ0n) is 71.2. The molecule has 65 nitrogen and oxygen atoms in total. The van der Waals surface area contributed by atoms with Crippen LogP contribution in [0.4, 0.5) is 0 Å². The SMILES string of the molecule is [N-]=[N+]=NCCCCCCCCCCC(=O)NCCCCCCO[C@@H]1O[C@H](COS(=O)(=O)[O-])[C@@H](O[C@H]2O[C@H](COS(=O)(=O)[O-])[C@@H](O[C@H]3O[C@H](COS(=O)(=O)[O-])[C@@H](O[C@H]4O[C@H](COS(=O)(=O)[O-])[C@@H](OS(=O)(=O)[O-])[C@H](OS(=O)(=O)[O-])[C@H]4OS(=O)(=O)[O-])[C@H](OS(=O)(=O)[O-])[C@H]3OS(=O)(=O)[O-])[C@H](OS(=O)(=O)[O-])[C@H]2OS(=O)(=O)[O-])[C@H](OS(=O)(=O)[O-])[C@H]1OS(=O)(=O)[O-].[Na+].[Na+].[Na+].[Na+].[Na+].[Na+].[Na+].[Na+].[Na+].[Na+].[Na+].[Na+].[Na+]. The van der Waals surface area contributed by atoms with Crippen molar-refractivity contribution in [3.63, 3.8) is 0 Å². The van der Waals surface area contributed by atoms with E-state index < -0.39 is 291 Å². The number of hydrogen-bond donors (Lipinski definition) is 1. The van der Waals surface area contributed by atoms with Crippen LogP contribution in [0.15, 0.2) is 5.11 Å². The number of amides is 1. The molecule has 1 N–H and O–H groups in total. The third kappa shape index (κ3) is 71.0. The van der Waals surface area contributed by atoms with Gasteiger partial charge in [-0.3, -0.25) is 59.2 Å². The normalized spacial score (nSPS) is 26.2. The smallest absolute Gasteiger partial charge is 0.726 e. The summed E-state index contributed by atoms with van der Waals surface area (Å²) in [5.74, 6) is -0.345. The number of nitrogens with one attached hydrogen (secondary N) is 1. The predicted molar refractivity (Wildman–Crippen MR) is 336 cm³/mol. The second-order valence-corrected chi connectivity index (χ2v) is 36.9. The van der Waals surface area contributed by atoms with Crippen molar-refractivity contribution in [1.82, 2.24) is 5.32 Å². The summed E-state index contributed by atoms with van der Waals surface area (Å²) in [6.07, 6.45) is -68.2. The number of carbonyl (C=O) groups excluding carboxylic acids is 1. The van der Waals surface area contributed by atoms with Crippen molar-refractivity contribution >= 4 is 141 Å². The fourth-order valence-corrected chi connectivity index (χ4v) is 16.5. The monoisotopic (exact) mass is 2300 g/mol. The van der Waals surface area contributed by atoms with Gasteiger partial charge in [0.25, 0.3) is 0 Å². The number of hydrogen-bond acceptors (Lipinski definition) is 62. The Kier molecular flexibility index (Phi) is 88.9. The second kappa shape index (κ2) is 72.5. The fourth-order valence-electron chi connectivity index (χ4n) is 10.9. The van der Waals surface area contributed by atoms with Gasteiger partial charge in [-0.15, -0.1) is 0 Å². The van der Waals surface area contributed by atoms with Crippen molar-refractivity contribution < 1.29 is 650 Å². The summed E-state index contributed by atoms with van der Waals surface area (Å²) in [6, 6.07) is 0. The van der Waals surface area contributed by atoms with Crippen LogP contribution in [0.3, 0.4) is 0 Å². The molecule has 702 valence electrons. The molecule has 0 aromatic heterocycles. The Balaban J connectivity index is -0.00000143. The molecular formula is C41H61N4Na13O61S13. The third-order valence-corrected chi connectivity index (χ3v) is 20.8. The molecule has 0 saturated carbocycles. The minimum Gasteiger partial charge on any atom is -0.726 e. The van der Waals surface area contributed by atoms with Crippen LogP contribution in [0.1, 0.15) is 83.5 Å². The first-order valence-electron chi connectivity index (χ1n) is 31.6. The molecule has 0 spiro atoms. The molecule has 4 aliphatic rings. The predicted octanol–water partition coefficient (Wildman–Crippen LogP) is -49.9. The first kappa shape index (κ1) is 162. The molecule has 0 radical (unpaired) electrons. The summed E-state index contributed by atoms with van der Waals surface area (Å²) in [7, 11) is -88.0. The molecule has 4 rings (SSSR count). The summed E-state index contributed by atoms with van der Waals surface area (Å²) >= 11 is 0. The fraction of sp³-hybridized carbons (Fsp3) is 0.976. The minimum atomic E-state index is -7.14. The minimum absolute atomic E-state index is 0. The van der Waals surface area contributed by atoms with E-state index in [1.807, 2.05) is 0 Å². The van der Waals surface area contributed by atoms with Crippen LogP contribution in [0.2, 0.25) is 0 Å².